The van der Waals surface area contributed by atoms with Gasteiger partial charge in [0.2, 0.25) is 0 Å². The van der Waals surface area contributed by atoms with Crippen LogP contribution >= 0.6 is 11.6 Å². The Morgan fingerprint density at radius 1 is 0.966 bits per heavy atom. The van der Waals surface area contributed by atoms with E-state index < -0.39 is 30.5 Å². The molecular formula is C22H24ClNO5. The van der Waals surface area contributed by atoms with Gasteiger partial charge in [0, 0.05) is 5.02 Å². The molecule has 1 aliphatic carbocycles. The quantitative estimate of drug-likeness (QED) is 0.627. The van der Waals surface area contributed by atoms with Crippen molar-refractivity contribution >= 4 is 11.6 Å². The van der Waals surface area contributed by atoms with Crippen LogP contribution in [0.2, 0.25) is 5.02 Å². The SMILES string of the molecule is O=NCC1OC(c2ccc(Cl)c(Cc3ccc(C4CC4)cc3)c2)C(O)C(O)C1O. The van der Waals surface area contributed by atoms with Crippen LogP contribution in [0.1, 0.15) is 47.1 Å². The van der Waals surface area contributed by atoms with Crippen LogP contribution in [0, 0.1) is 4.91 Å². The summed E-state index contributed by atoms with van der Waals surface area (Å²) in [5.74, 6) is 0.705. The predicted molar refractivity (Wildman–Crippen MR) is 109 cm³/mol. The number of halogens is 1. The third-order valence-corrected chi connectivity index (χ3v) is 6.16. The van der Waals surface area contributed by atoms with E-state index in [0.717, 1.165) is 11.1 Å². The van der Waals surface area contributed by atoms with Crippen LogP contribution in [0.25, 0.3) is 0 Å². The topological polar surface area (TPSA) is 99.4 Å². The maximum atomic E-state index is 10.6. The van der Waals surface area contributed by atoms with Crippen molar-refractivity contribution in [2.45, 2.75) is 55.7 Å². The van der Waals surface area contributed by atoms with Crippen molar-refractivity contribution in [3.63, 3.8) is 0 Å². The number of benzene rings is 2. The lowest BCUT2D eigenvalue weighted by atomic mass is 9.90. The number of nitrogens with zero attached hydrogens (tertiary/aromatic N) is 1. The number of nitroso groups, excluding NO2 is 1. The van der Waals surface area contributed by atoms with Crippen molar-refractivity contribution in [1.29, 1.82) is 0 Å². The molecule has 5 atom stereocenters. The van der Waals surface area contributed by atoms with Gasteiger partial charge in [-0.15, -0.1) is 0 Å². The Bertz CT molecular complexity index is 870. The van der Waals surface area contributed by atoms with Crippen molar-refractivity contribution in [3.05, 3.63) is 74.6 Å². The molecule has 0 aromatic heterocycles. The molecule has 5 unspecified atom stereocenters. The Morgan fingerprint density at radius 2 is 1.66 bits per heavy atom. The summed E-state index contributed by atoms with van der Waals surface area (Å²) in [5, 5.41) is 33.9. The molecule has 0 spiro atoms. The second-order valence-corrected chi connectivity index (χ2v) is 8.33. The largest absolute Gasteiger partial charge is 0.388 e. The fourth-order valence-corrected chi connectivity index (χ4v) is 4.09. The summed E-state index contributed by atoms with van der Waals surface area (Å²) in [4.78, 5) is 10.6. The molecule has 3 N–H and O–H groups in total. The fourth-order valence-electron chi connectivity index (χ4n) is 3.90. The summed E-state index contributed by atoms with van der Waals surface area (Å²) in [6.45, 7) is -0.310. The van der Waals surface area contributed by atoms with Crippen molar-refractivity contribution in [2.24, 2.45) is 5.18 Å². The van der Waals surface area contributed by atoms with Gasteiger partial charge in [0.15, 0.2) is 0 Å². The highest BCUT2D eigenvalue weighted by molar-refractivity contribution is 6.31. The average molecular weight is 418 g/mol. The maximum Gasteiger partial charge on any atom is 0.113 e. The van der Waals surface area contributed by atoms with E-state index in [1.54, 1.807) is 12.1 Å². The molecule has 2 aromatic rings. The Kier molecular flexibility index (Phi) is 5.99. The number of ether oxygens (including phenoxy) is 1. The molecule has 0 bridgehead atoms. The van der Waals surface area contributed by atoms with Crippen LogP contribution in [-0.4, -0.2) is 46.3 Å². The number of hydrogen-bond acceptors (Lipinski definition) is 6. The van der Waals surface area contributed by atoms with Crippen LogP contribution in [0.15, 0.2) is 47.6 Å². The van der Waals surface area contributed by atoms with Crippen molar-refractivity contribution in [3.8, 4) is 0 Å². The van der Waals surface area contributed by atoms with Crippen LogP contribution in [0.4, 0.5) is 0 Å². The molecule has 1 saturated heterocycles. The lowest BCUT2D eigenvalue weighted by Crippen LogP contribution is -2.55. The predicted octanol–water partition coefficient (Wildman–Crippen LogP) is 3.10. The van der Waals surface area contributed by atoms with Gasteiger partial charge >= 0.3 is 0 Å². The second-order valence-electron chi connectivity index (χ2n) is 7.92. The average Bonchev–Trinajstić information content (AvgIpc) is 3.56. The summed E-state index contributed by atoms with van der Waals surface area (Å²) in [6.07, 6.45) is -2.88. The molecule has 2 aliphatic rings. The highest BCUT2D eigenvalue weighted by atomic mass is 35.5. The summed E-state index contributed by atoms with van der Waals surface area (Å²) in [7, 11) is 0. The van der Waals surface area contributed by atoms with Gasteiger partial charge in [0.05, 0.1) is 0 Å². The first-order chi connectivity index (χ1) is 14.0. The summed E-state index contributed by atoms with van der Waals surface area (Å²) < 4.78 is 5.71. The smallest absolute Gasteiger partial charge is 0.113 e. The molecule has 2 aromatic carbocycles. The van der Waals surface area contributed by atoms with Gasteiger partial charge in [0.1, 0.15) is 37.1 Å². The zero-order valence-corrected chi connectivity index (χ0v) is 16.6. The molecule has 1 aliphatic heterocycles. The van der Waals surface area contributed by atoms with Gasteiger partial charge in [-0.3, -0.25) is 0 Å². The maximum absolute atomic E-state index is 10.6. The lowest BCUT2D eigenvalue weighted by Gasteiger charge is -2.40. The van der Waals surface area contributed by atoms with E-state index in [9.17, 15) is 20.2 Å². The third kappa shape index (κ3) is 4.37. The van der Waals surface area contributed by atoms with Crippen LogP contribution < -0.4 is 0 Å². The van der Waals surface area contributed by atoms with E-state index >= 15 is 0 Å². The minimum atomic E-state index is -1.44. The fraction of sp³-hybridized carbons (Fsp3) is 0.455. The lowest BCUT2D eigenvalue weighted by molar-refractivity contribution is -0.221. The molecule has 29 heavy (non-hydrogen) atoms. The first kappa shape index (κ1) is 20.4. The number of hydrogen-bond donors (Lipinski definition) is 3. The summed E-state index contributed by atoms with van der Waals surface area (Å²) >= 11 is 6.39. The summed E-state index contributed by atoms with van der Waals surface area (Å²) in [5.41, 5.74) is 3.98. The van der Waals surface area contributed by atoms with Crippen molar-refractivity contribution in [2.75, 3.05) is 6.54 Å². The van der Waals surface area contributed by atoms with E-state index in [0.29, 0.717) is 22.9 Å². The molecule has 4 rings (SSSR count). The Hall–Kier alpha value is -1.83. The van der Waals surface area contributed by atoms with Crippen LogP contribution in [-0.2, 0) is 11.2 Å². The minimum Gasteiger partial charge on any atom is -0.388 e. The van der Waals surface area contributed by atoms with Gasteiger partial charge in [-0.2, -0.15) is 4.91 Å². The third-order valence-electron chi connectivity index (χ3n) is 5.79. The van der Waals surface area contributed by atoms with E-state index in [1.807, 2.05) is 6.07 Å². The van der Waals surface area contributed by atoms with Gasteiger partial charge < -0.3 is 20.1 Å². The van der Waals surface area contributed by atoms with Crippen molar-refractivity contribution in [1.82, 2.24) is 0 Å². The first-order valence-electron chi connectivity index (χ1n) is 9.84. The molecule has 7 heteroatoms. The zero-order chi connectivity index (χ0) is 20.5. The normalized spacial score (nSPS) is 29.6. The number of rotatable bonds is 6. The zero-order valence-electron chi connectivity index (χ0n) is 15.8. The van der Waals surface area contributed by atoms with E-state index in [4.69, 9.17) is 16.3 Å². The van der Waals surface area contributed by atoms with Crippen molar-refractivity contribution < 1.29 is 20.1 Å². The van der Waals surface area contributed by atoms with Crippen LogP contribution in [0.5, 0.6) is 0 Å². The standard InChI is InChI=1S/C22H24ClNO5/c23-17-8-7-15(22-21(27)20(26)19(25)18(29-22)11-24-28)10-16(17)9-12-1-3-13(4-2-12)14-5-6-14/h1-4,7-8,10,14,18-22,25-27H,5-6,9,11H2. The van der Waals surface area contributed by atoms with Crippen LogP contribution in [0.3, 0.4) is 0 Å². The second kappa shape index (κ2) is 8.50. The van der Waals surface area contributed by atoms with Gasteiger partial charge in [-0.25, -0.2) is 0 Å². The van der Waals surface area contributed by atoms with Gasteiger partial charge in [0.25, 0.3) is 0 Å². The Balaban J connectivity index is 1.56. The molecule has 0 radical (unpaired) electrons. The Labute approximate surface area is 174 Å². The number of aliphatic hydroxyl groups is 3. The molecule has 1 saturated carbocycles. The number of aliphatic hydroxyl groups excluding tert-OH is 3. The van der Waals surface area contributed by atoms with E-state index in [1.165, 1.54) is 18.4 Å². The molecule has 1 heterocycles. The highest BCUT2D eigenvalue weighted by Crippen LogP contribution is 2.40. The van der Waals surface area contributed by atoms with E-state index in [2.05, 4.69) is 29.4 Å². The highest BCUT2D eigenvalue weighted by Gasteiger charge is 2.44. The van der Waals surface area contributed by atoms with Gasteiger partial charge in [-0.1, -0.05) is 53.2 Å². The summed E-state index contributed by atoms with van der Waals surface area (Å²) in [6, 6.07) is 13.8. The Morgan fingerprint density at radius 3 is 2.31 bits per heavy atom. The molecule has 0 amide bonds. The van der Waals surface area contributed by atoms with Gasteiger partial charge in [-0.05, 0) is 53.5 Å². The van der Waals surface area contributed by atoms with E-state index in [-0.39, 0.29) is 6.54 Å². The minimum absolute atomic E-state index is 0.310. The molecule has 154 valence electrons. The molecule has 2 fully saturated rings. The monoisotopic (exact) mass is 417 g/mol. The first-order valence-corrected chi connectivity index (χ1v) is 10.2. The molecule has 6 nitrogen and oxygen atoms in total. The molecular weight excluding hydrogens is 394 g/mol.